The Labute approximate surface area is 99.1 Å². The highest BCUT2D eigenvalue weighted by Gasteiger charge is 2.05. The molecule has 0 unspecified atom stereocenters. The summed E-state index contributed by atoms with van der Waals surface area (Å²) in [5.41, 5.74) is 0. The first kappa shape index (κ1) is 12.6. The lowest BCUT2D eigenvalue weighted by Gasteiger charge is -2.05. The zero-order chi connectivity index (χ0) is 11.1. The van der Waals surface area contributed by atoms with Crippen LogP contribution in [0.3, 0.4) is 0 Å². The third-order valence-electron chi connectivity index (χ3n) is 1.48. The van der Waals surface area contributed by atoms with Crippen LogP contribution < -0.4 is 5.32 Å². The molecule has 0 aliphatic carbocycles. The third kappa shape index (κ3) is 4.25. The van der Waals surface area contributed by atoms with E-state index in [0.717, 1.165) is 28.4 Å². The molecule has 1 N–H and O–H groups in total. The van der Waals surface area contributed by atoms with Crippen LogP contribution in [0.5, 0.6) is 0 Å². The number of aromatic nitrogens is 3. The Morgan fingerprint density at radius 1 is 0.933 bits per heavy atom. The quantitative estimate of drug-likeness (QED) is 0.776. The molecular weight excluding hydrogens is 228 g/mol. The van der Waals surface area contributed by atoms with E-state index in [9.17, 15) is 0 Å². The molecule has 0 amide bonds. The number of nitrogens with one attached hydrogen (secondary N) is 1. The fourth-order valence-corrected chi connectivity index (χ4v) is 2.14. The Bertz CT molecular complexity index is 246. The zero-order valence-corrected chi connectivity index (χ0v) is 10.9. The van der Waals surface area contributed by atoms with Crippen molar-refractivity contribution >= 4 is 29.5 Å². The van der Waals surface area contributed by atoms with E-state index in [2.05, 4.69) is 34.1 Å². The van der Waals surface area contributed by atoms with Crippen molar-refractivity contribution in [2.75, 3.05) is 23.4 Å². The minimum absolute atomic E-state index is 0.680. The fourth-order valence-electron chi connectivity index (χ4n) is 0.962. The van der Waals surface area contributed by atoms with Crippen LogP contribution in [0, 0.1) is 0 Å². The van der Waals surface area contributed by atoms with Crippen LogP contribution in [0.25, 0.3) is 0 Å². The summed E-state index contributed by atoms with van der Waals surface area (Å²) in [6.45, 7) is 7.04. The average Bonchev–Trinajstić information content (AvgIpc) is 2.19. The molecule has 0 radical (unpaired) electrons. The first-order valence-electron chi connectivity index (χ1n) is 5.05. The topological polar surface area (TPSA) is 50.7 Å². The van der Waals surface area contributed by atoms with Gasteiger partial charge in [0.05, 0.1) is 0 Å². The van der Waals surface area contributed by atoms with Crippen molar-refractivity contribution in [3.63, 3.8) is 0 Å². The summed E-state index contributed by atoms with van der Waals surface area (Å²) in [4.78, 5) is 13.0. The molecule has 15 heavy (non-hydrogen) atoms. The van der Waals surface area contributed by atoms with Crippen LogP contribution in [0.1, 0.15) is 20.8 Å². The number of rotatable bonds is 6. The van der Waals surface area contributed by atoms with Crippen molar-refractivity contribution in [3.8, 4) is 0 Å². The second-order valence-electron chi connectivity index (χ2n) is 2.62. The molecule has 4 nitrogen and oxygen atoms in total. The molecule has 1 aromatic rings. The van der Waals surface area contributed by atoms with Crippen molar-refractivity contribution < 1.29 is 0 Å². The first-order valence-corrected chi connectivity index (χ1v) is 7.02. The smallest absolute Gasteiger partial charge is 0.227 e. The summed E-state index contributed by atoms with van der Waals surface area (Å²) in [6.07, 6.45) is 0. The van der Waals surface area contributed by atoms with E-state index in [4.69, 9.17) is 0 Å². The molecule has 0 saturated carbocycles. The van der Waals surface area contributed by atoms with Gasteiger partial charge < -0.3 is 5.32 Å². The highest BCUT2D eigenvalue weighted by atomic mass is 32.2. The maximum atomic E-state index is 4.36. The second-order valence-corrected chi connectivity index (χ2v) is 5.08. The Kier molecular flexibility index (Phi) is 5.78. The summed E-state index contributed by atoms with van der Waals surface area (Å²) in [7, 11) is 0. The molecule has 1 aromatic heterocycles. The van der Waals surface area contributed by atoms with Gasteiger partial charge in [-0.15, -0.1) is 0 Å². The van der Waals surface area contributed by atoms with Gasteiger partial charge in [0.2, 0.25) is 5.95 Å². The van der Waals surface area contributed by atoms with Crippen molar-refractivity contribution in [1.29, 1.82) is 0 Å². The molecule has 0 spiro atoms. The maximum Gasteiger partial charge on any atom is 0.227 e. The van der Waals surface area contributed by atoms with Crippen LogP contribution in [0.15, 0.2) is 10.3 Å². The number of hydrogen-bond acceptors (Lipinski definition) is 6. The van der Waals surface area contributed by atoms with E-state index in [1.54, 1.807) is 23.5 Å². The summed E-state index contributed by atoms with van der Waals surface area (Å²) in [5.74, 6) is 2.64. The Balaban J connectivity index is 2.86. The van der Waals surface area contributed by atoms with Gasteiger partial charge in [-0.2, -0.15) is 15.0 Å². The number of anilines is 1. The molecule has 1 rings (SSSR count). The molecule has 0 atom stereocenters. The van der Waals surface area contributed by atoms with E-state index in [1.807, 2.05) is 6.92 Å². The normalized spacial score (nSPS) is 10.3. The largest absolute Gasteiger partial charge is 0.354 e. The second kappa shape index (κ2) is 6.90. The average molecular weight is 244 g/mol. The van der Waals surface area contributed by atoms with Gasteiger partial charge in [-0.25, -0.2) is 0 Å². The van der Waals surface area contributed by atoms with Gasteiger partial charge in [-0.3, -0.25) is 0 Å². The molecule has 0 fully saturated rings. The number of hydrogen-bond donors (Lipinski definition) is 1. The monoisotopic (exact) mass is 244 g/mol. The molecule has 84 valence electrons. The van der Waals surface area contributed by atoms with E-state index in [0.29, 0.717) is 5.95 Å². The Morgan fingerprint density at radius 2 is 1.47 bits per heavy atom. The number of nitrogens with zero attached hydrogens (tertiary/aromatic N) is 3. The summed E-state index contributed by atoms with van der Waals surface area (Å²) in [6, 6.07) is 0. The summed E-state index contributed by atoms with van der Waals surface area (Å²) >= 11 is 3.28. The first-order chi connectivity index (χ1) is 7.30. The lowest BCUT2D eigenvalue weighted by atomic mass is 10.7. The van der Waals surface area contributed by atoms with Gasteiger partial charge >= 0.3 is 0 Å². The van der Waals surface area contributed by atoms with Gasteiger partial charge in [0.1, 0.15) is 0 Å². The molecule has 6 heteroatoms. The van der Waals surface area contributed by atoms with Crippen LogP contribution in [0.4, 0.5) is 5.95 Å². The predicted octanol–water partition coefficient (Wildman–Crippen LogP) is 2.53. The predicted molar refractivity (Wildman–Crippen MR) is 66.8 cm³/mol. The maximum absolute atomic E-state index is 4.36. The van der Waals surface area contributed by atoms with Crippen LogP contribution in [-0.4, -0.2) is 33.0 Å². The zero-order valence-electron chi connectivity index (χ0n) is 9.28. The SMILES string of the molecule is CCNc1nc(SCC)nc(SCC)n1. The number of thioether (sulfide) groups is 2. The fraction of sp³-hybridized carbons (Fsp3) is 0.667. The van der Waals surface area contributed by atoms with E-state index >= 15 is 0 Å². The van der Waals surface area contributed by atoms with Crippen molar-refractivity contribution in [2.24, 2.45) is 0 Å². The molecule has 0 aliphatic heterocycles. The van der Waals surface area contributed by atoms with Gasteiger partial charge in [-0.1, -0.05) is 37.4 Å². The minimum atomic E-state index is 0.680. The van der Waals surface area contributed by atoms with Crippen molar-refractivity contribution in [1.82, 2.24) is 15.0 Å². The molecule has 0 aromatic carbocycles. The van der Waals surface area contributed by atoms with Gasteiger partial charge in [-0.05, 0) is 18.4 Å². The highest BCUT2D eigenvalue weighted by molar-refractivity contribution is 7.99. The third-order valence-corrected chi connectivity index (χ3v) is 2.94. The Morgan fingerprint density at radius 3 is 1.87 bits per heavy atom. The van der Waals surface area contributed by atoms with Crippen LogP contribution >= 0.6 is 23.5 Å². The molecule has 0 aliphatic rings. The molecule has 1 heterocycles. The highest BCUT2D eigenvalue weighted by Crippen LogP contribution is 2.19. The van der Waals surface area contributed by atoms with Crippen molar-refractivity contribution in [2.45, 2.75) is 31.1 Å². The van der Waals surface area contributed by atoms with E-state index in [1.165, 1.54) is 0 Å². The Hall–Kier alpha value is -0.490. The van der Waals surface area contributed by atoms with E-state index in [-0.39, 0.29) is 0 Å². The molecule has 0 saturated heterocycles. The molecular formula is C9H16N4S2. The van der Waals surface area contributed by atoms with Gasteiger partial charge in [0.25, 0.3) is 0 Å². The standard InChI is InChI=1S/C9H16N4S2/c1-4-10-7-11-8(14-5-2)13-9(12-7)15-6-3/h4-6H2,1-3H3,(H,10,11,12,13). The lowest BCUT2D eigenvalue weighted by molar-refractivity contribution is 0.803. The van der Waals surface area contributed by atoms with Crippen LogP contribution in [-0.2, 0) is 0 Å². The van der Waals surface area contributed by atoms with E-state index < -0.39 is 0 Å². The van der Waals surface area contributed by atoms with Crippen LogP contribution in [0.2, 0.25) is 0 Å². The summed E-state index contributed by atoms with van der Waals surface area (Å²) in [5, 5.41) is 4.73. The lowest BCUT2D eigenvalue weighted by Crippen LogP contribution is -2.05. The molecule has 0 bridgehead atoms. The van der Waals surface area contributed by atoms with Crippen molar-refractivity contribution in [3.05, 3.63) is 0 Å². The van der Waals surface area contributed by atoms with Gasteiger partial charge in [0, 0.05) is 6.54 Å². The minimum Gasteiger partial charge on any atom is -0.354 e. The van der Waals surface area contributed by atoms with Gasteiger partial charge in [0.15, 0.2) is 10.3 Å². The summed E-state index contributed by atoms with van der Waals surface area (Å²) < 4.78 is 0.